The summed E-state index contributed by atoms with van der Waals surface area (Å²) in [4.78, 5) is 23.5. The number of aryl methyl sites for hydroxylation is 1. The van der Waals surface area contributed by atoms with Crippen LogP contribution in [0.4, 0.5) is 8.78 Å². The lowest BCUT2D eigenvalue weighted by Gasteiger charge is -2.12. The molecule has 4 nitrogen and oxygen atoms in total. The maximum atomic E-state index is 13.5. The smallest absolute Gasteiger partial charge is 0.268 e. The van der Waals surface area contributed by atoms with Crippen molar-refractivity contribution in [2.45, 2.75) is 13.5 Å². The summed E-state index contributed by atoms with van der Waals surface area (Å²) < 4.78 is 28.1. The molecule has 0 unspecified atom stereocenters. The van der Waals surface area contributed by atoms with Crippen LogP contribution in [0.25, 0.3) is 0 Å². The van der Waals surface area contributed by atoms with E-state index in [1.807, 2.05) is 0 Å². The summed E-state index contributed by atoms with van der Waals surface area (Å²) in [5, 5.41) is 2.47. The molecule has 2 rings (SSSR count). The topological polar surface area (TPSA) is 51.1 Å². The lowest BCUT2D eigenvalue weighted by Crippen LogP contribution is -2.28. The van der Waals surface area contributed by atoms with Crippen LogP contribution in [-0.4, -0.2) is 10.5 Å². The molecule has 1 N–H and O–H groups in total. The maximum Gasteiger partial charge on any atom is 0.268 e. The van der Waals surface area contributed by atoms with Gasteiger partial charge in [-0.3, -0.25) is 9.59 Å². The fourth-order valence-electron chi connectivity index (χ4n) is 1.93. The highest BCUT2D eigenvalue weighted by atomic mass is 19.2. The van der Waals surface area contributed by atoms with E-state index in [1.54, 1.807) is 18.5 Å². The summed E-state index contributed by atoms with van der Waals surface area (Å²) in [7, 11) is 1.65. The van der Waals surface area contributed by atoms with E-state index in [-0.39, 0.29) is 23.2 Å². The van der Waals surface area contributed by atoms with Crippen LogP contribution in [0.15, 0.2) is 35.1 Å². The van der Waals surface area contributed by atoms with Gasteiger partial charge in [-0.05, 0) is 13.0 Å². The van der Waals surface area contributed by atoms with Crippen LogP contribution in [0.3, 0.4) is 0 Å². The molecule has 1 aromatic carbocycles. The molecule has 1 amide bonds. The molecular weight excluding hydrogens is 278 g/mol. The van der Waals surface area contributed by atoms with Gasteiger partial charge >= 0.3 is 0 Å². The van der Waals surface area contributed by atoms with Gasteiger partial charge in [0.1, 0.15) is 5.69 Å². The van der Waals surface area contributed by atoms with Gasteiger partial charge < -0.3 is 9.88 Å². The first-order valence-corrected chi connectivity index (χ1v) is 6.29. The second-order valence-electron chi connectivity index (χ2n) is 4.67. The number of hydrogen-bond donors (Lipinski definition) is 1. The molecule has 0 saturated carbocycles. The van der Waals surface area contributed by atoms with E-state index in [0.717, 1.165) is 6.07 Å². The van der Waals surface area contributed by atoms with Crippen molar-refractivity contribution in [3.05, 3.63) is 69.1 Å². The van der Waals surface area contributed by atoms with Crippen molar-refractivity contribution >= 4 is 5.91 Å². The molecule has 1 heterocycles. The average Bonchev–Trinajstić information content (AvgIpc) is 2.44. The fourth-order valence-corrected chi connectivity index (χ4v) is 1.93. The van der Waals surface area contributed by atoms with E-state index in [0.29, 0.717) is 5.69 Å². The number of nitrogens with zero attached hydrogens (tertiary/aromatic N) is 1. The van der Waals surface area contributed by atoms with Crippen molar-refractivity contribution in [1.29, 1.82) is 0 Å². The monoisotopic (exact) mass is 292 g/mol. The molecule has 0 spiro atoms. The quantitative estimate of drug-likeness (QED) is 0.939. The number of benzene rings is 1. The summed E-state index contributed by atoms with van der Waals surface area (Å²) in [5.74, 6) is -2.48. The maximum absolute atomic E-state index is 13.5. The van der Waals surface area contributed by atoms with Gasteiger partial charge in [-0.25, -0.2) is 8.78 Å². The van der Waals surface area contributed by atoms with Crippen LogP contribution in [0.5, 0.6) is 0 Å². The van der Waals surface area contributed by atoms with Gasteiger partial charge in [0.15, 0.2) is 17.1 Å². The highest BCUT2D eigenvalue weighted by molar-refractivity contribution is 5.92. The van der Waals surface area contributed by atoms with Crippen LogP contribution in [0, 0.1) is 18.6 Å². The third-order valence-electron chi connectivity index (χ3n) is 3.22. The standard InChI is InChI=1S/C15H14F2N2O2/c1-9-6-11(20)7-13(19(9)2)15(21)18-8-10-4-3-5-12(16)14(10)17/h3-7H,8H2,1-2H3,(H,18,21). The summed E-state index contributed by atoms with van der Waals surface area (Å²) in [6, 6.07) is 6.36. The van der Waals surface area contributed by atoms with Crippen molar-refractivity contribution in [2.24, 2.45) is 7.05 Å². The predicted octanol–water partition coefficient (Wildman–Crippen LogP) is 1.90. The predicted molar refractivity (Wildman–Crippen MR) is 73.9 cm³/mol. The Hall–Kier alpha value is -2.50. The fraction of sp³-hybridized carbons (Fsp3) is 0.200. The Morgan fingerprint density at radius 3 is 2.71 bits per heavy atom. The van der Waals surface area contributed by atoms with Crippen LogP contribution in [0.2, 0.25) is 0 Å². The minimum absolute atomic E-state index is 0.0426. The van der Waals surface area contributed by atoms with Gasteiger partial charge in [0.2, 0.25) is 0 Å². The van der Waals surface area contributed by atoms with Crippen molar-refractivity contribution in [3.8, 4) is 0 Å². The van der Waals surface area contributed by atoms with Crippen molar-refractivity contribution in [3.63, 3.8) is 0 Å². The van der Waals surface area contributed by atoms with E-state index in [2.05, 4.69) is 5.32 Å². The first-order valence-electron chi connectivity index (χ1n) is 6.29. The third-order valence-corrected chi connectivity index (χ3v) is 3.22. The lowest BCUT2D eigenvalue weighted by molar-refractivity contribution is 0.0941. The number of hydrogen-bond acceptors (Lipinski definition) is 2. The Labute approximate surface area is 120 Å². The number of carbonyl (C=O) groups excluding carboxylic acids is 1. The SMILES string of the molecule is Cc1cc(=O)cc(C(=O)NCc2cccc(F)c2F)n1C. The molecule has 0 fully saturated rings. The van der Waals surface area contributed by atoms with Crippen LogP contribution < -0.4 is 10.7 Å². The molecule has 21 heavy (non-hydrogen) atoms. The first-order chi connectivity index (χ1) is 9.90. The number of pyridine rings is 1. The van der Waals surface area contributed by atoms with E-state index in [9.17, 15) is 18.4 Å². The molecule has 0 saturated heterocycles. The molecule has 0 radical (unpaired) electrons. The molecule has 0 atom stereocenters. The second kappa shape index (κ2) is 5.87. The first kappa shape index (κ1) is 14.9. The van der Waals surface area contributed by atoms with E-state index in [1.165, 1.54) is 24.3 Å². The van der Waals surface area contributed by atoms with Gasteiger partial charge in [-0.2, -0.15) is 0 Å². The Morgan fingerprint density at radius 2 is 2.00 bits per heavy atom. The zero-order chi connectivity index (χ0) is 15.6. The van der Waals surface area contributed by atoms with E-state index < -0.39 is 17.5 Å². The number of carbonyl (C=O) groups is 1. The molecule has 2 aromatic rings. The third kappa shape index (κ3) is 3.16. The van der Waals surface area contributed by atoms with E-state index in [4.69, 9.17) is 0 Å². The minimum atomic E-state index is -0.990. The van der Waals surface area contributed by atoms with Gasteiger partial charge in [-0.1, -0.05) is 12.1 Å². The zero-order valence-corrected chi connectivity index (χ0v) is 11.6. The lowest BCUT2D eigenvalue weighted by atomic mass is 10.2. The van der Waals surface area contributed by atoms with Gasteiger partial charge in [0.05, 0.1) is 0 Å². The Kier molecular flexibility index (Phi) is 4.16. The van der Waals surface area contributed by atoms with Crippen LogP contribution >= 0.6 is 0 Å². The summed E-state index contributed by atoms with van der Waals surface area (Å²) in [6.07, 6.45) is 0. The average molecular weight is 292 g/mol. The number of halogens is 2. The molecule has 0 aliphatic heterocycles. The Morgan fingerprint density at radius 1 is 1.29 bits per heavy atom. The van der Waals surface area contributed by atoms with Crippen molar-refractivity contribution in [1.82, 2.24) is 9.88 Å². The minimum Gasteiger partial charge on any atom is -0.347 e. The molecule has 0 aliphatic carbocycles. The highest BCUT2D eigenvalue weighted by Crippen LogP contribution is 2.11. The largest absolute Gasteiger partial charge is 0.347 e. The van der Waals surface area contributed by atoms with E-state index >= 15 is 0 Å². The Bertz CT molecular complexity index is 754. The van der Waals surface area contributed by atoms with Gasteiger partial charge in [0.25, 0.3) is 5.91 Å². The molecule has 0 aliphatic rings. The van der Waals surface area contributed by atoms with Crippen molar-refractivity contribution < 1.29 is 13.6 Å². The van der Waals surface area contributed by atoms with Gasteiger partial charge in [0, 0.05) is 37.0 Å². The van der Waals surface area contributed by atoms with Crippen molar-refractivity contribution in [2.75, 3.05) is 0 Å². The zero-order valence-electron chi connectivity index (χ0n) is 11.6. The molecule has 6 heteroatoms. The normalized spacial score (nSPS) is 10.5. The second-order valence-corrected chi connectivity index (χ2v) is 4.67. The molecule has 1 aromatic heterocycles. The summed E-state index contributed by atoms with van der Waals surface area (Å²) in [6.45, 7) is 1.54. The molecular formula is C15H14F2N2O2. The summed E-state index contributed by atoms with van der Waals surface area (Å²) in [5.41, 5.74) is 0.551. The number of aromatic nitrogens is 1. The van der Waals surface area contributed by atoms with Crippen LogP contribution in [0.1, 0.15) is 21.7 Å². The van der Waals surface area contributed by atoms with Gasteiger partial charge in [-0.15, -0.1) is 0 Å². The highest BCUT2D eigenvalue weighted by Gasteiger charge is 2.13. The molecule has 0 bridgehead atoms. The Balaban J connectivity index is 2.20. The van der Waals surface area contributed by atoms with Crippen LogP contribution in [-0.2, 0) is 13.6 Å². The summed E-state index contributed by atoms with van der Waals surface area (Å²) >= 11 is 0. The number of amides is 1. The number of nitrogens with one attached hydrogen (secondary N) is 1. The molecule has 110 valence electrons. The number of rotatable bonds is 3.